The first-order chi connectivity index (χ1) is 9.06. The highest BCUT2D eigenvalue weighted by atomic mass is 32.2. The van der Waals surface area contributed by atoms with Crippen LogP contribution < -0.4 is 11.5 Å². The summed E-state index contributed by atoms with van der Waals surface area (Å²) < 4.78 is 0. The van der Waals surface area contributed by atoms with Gasteiger partial charge in [0.15, 0.2) is 0 Å². The molecular formula is C15H19N3S. The molecule has 2 aromatic rings. The molecule has 0 amide bonds. The van der Waals surface area contributed by atoms with Gasteiger partial charge in [-0.25, -0.2) is 4.98 Å². The van der Waals surface area contributed by atoms with E-state index in [0.29, 0.717) is 5.82 Å². The van der Waals surface area contributed by atoms with Crippen LogP contribution in [0.25, 0.3) is 0 Å². The molecule has 1 aromatic carbocycles. The van der Waals surface area contributed by atoms with Crippen molar-refractivity contribution in [2.45, 2.75) is 24.8 Å². The average molecular weight is 273 g/mol. The highest BCUT2D eigenvalue weighted by Gasteiger charge is 2.11. The number of aryl methyl sites for hydroxylation is 2. The Kier molecular flexibility index (Phi) is 4.45. The summed E-state index contributed by atoms with van der Waals surface area (Å²) in [6.45, 7) is 4.08. The molecule has 0 fully saturated rings. The van der Waals surface area contributed by atoms with E-state index in [1.807, 2.05) is 13.0 Å². The Balaban J connectivity index is 2.03. The minimum atomic E-state index is -0.0984. The van der Waals surface area contributed by atoms with E-state index in [1.54, 1.807) is 18.0 Å². The number of hydrogen-bond donors (Lipinski definition) is 2. The molecule has 0 aliphatic heterocycles. The van der Waals surface area contributed by atoms with Gasteiger partial charge in [-0.2, -0.15) is 0 Å². The molecule has 0 saturated carbocycles. The van der Waals surface area contributed by atoms with Gasteiger partial charge in [0.25, 0.3) is 0 Å². The Bertz CT molecular complexity index is 552. The van der Waals surface area contributed by atoms with Crippen molar-refractivity contribution < 1.29 is 0 Å². The number of anilines is 1. The number of rotatable bonds is 4. The van der Waals surface area contributed by atoms with Crippen molar-refractivity contribution in [3.05, 3.63) is 53.2 Å². The van der Waals surface area contributed by atoms with Crippen LogP contribution in [0, 0.1) is 13.8 Å². The van der Waals surface area contributed by atoms with Gasteiger partial charge in [-0.1, -0.05) is 17.7 Å². The van der Waals surface area contributed by atoms with Crippen LogP contribution in [0.2, 0.25) is 0 Å². The van der Waals surface area contributed by atoms with E-state index in [4.69, 9.17) is 11.5 Å². The number of nitrogens with zero attached hydrogens (tertiary/aromatic N) is 1. The third kappa shape index (κ3) is 3.72. The molecule has 0 spiro atoms. The van der Waals surface area contributed by atoms with Gasteiger partial charge in [0.05, 0.1) is 0 Å². The molecule has 1 atom stereocenters. The summed E-state index contributed by atoms with van der Waals surface area (Å²) in [4.78, 5) is 5.38. The highest BCUT2D eigenvalue weighted by Crippen LogP contribution is 2.26. The Morgan fingerprint density at radius 3 is 2.53 bits per heavy atom. The van der Waals surface area contributed by atoms with Crippen LogP contribution in [-0.4, -0.2) is 10.7 Å². The number of thioether (sulfide) groups is 1. The van der Waals surface area contributed by atoms with Crippen LogP contribution in [0.4, 0.5) is 5.82 Å². The standard InChI is InChI=1S/C15H19N3S/c1-10-3-5-12(6-4-10)19-9-14(16)13-7-11(2)8-18-15(13)17/h3-8,14H,9,16H2,1-2H3,(H2,17,18). The summed E-state index contributed by atoms with van der Waals surface area (Å²) in [6, 6.07) is 10.4. The predicted octanol–water partition coefficient (Wildman–Crippen LogP) is 3.07. The second kappa shape index (κ2) is 6.08. The highest BCUT2D eigenvalue weighted by molar-refractivity contribution is 7.99. The molecule has 100 valence electrons. The molecule has 0 aliphatic rings. The van der Waals surface area contributed by atoms with Crippen LogP contribution >= 0.6 is 11.8 Å². The lowest BCUT2D eigenvalue weighted by molar-refractivity contribution is 0.826. The van der Waals surface area contributed by atoms with Crippen LogP contribution in [0.1, 0.15) is 22.7 Å². The lowest BCUT2D eigenvalue weighted by Gasteiger charge is -2.14. The molecule has 1 unspecified atom stereocenters. The van der Waals surface area contributed by atoms with Crippen molar-refractivity contribution in [2.24, 2.45) is 5.73 Å². The molecule has 1 heterocycles. The Morgan fingerprint density at radius 2 is 1.84 bits per heavy atom. The van der Waals surface area contributed by atoms with Gasteiger partial charge in [0.1, 0.15) is 5.82 Å². The quantitative estimate of drug-likeness (QED) is 0.840. The zero-order chi connectivity index (χ0) is 13.8. The van der Waals surface area contributed by atoms with E-state index in [-0.39, 0.29) is 6.04 Å². The van der Waals surface area contributed by atoms with Crippen molar-refractivity contribution >= 4 is 17.6 Å². The van der Waals surface area contributed by atoms with E-state index in [1.165, 1.54) is 10.5 Å². The summed E-state index contributed by atoms with van der Waals surface area (Å²) in [7, 11) is 0. The van der Waals surface area contributed by atoms with Gasteiger partial charge >= 0.3 is 0 Å². The van der Waals surface area contributed by atoms with Gasteiger partial charge in [-0.15, -0.1) is 11.8 Å². The molecule has 19 heavy (non-hydrogen) atoms. The Morgan fingerprint density at radius 1 is 1.16 bits per heavy atom. The maximum atomic E-state index is 6.20. The molecule has 2 rings (SSSR count). The Hall–Kier alpha value is -1.52. The zero-order valence-electron chi connectivity index (χ0n) is 11.3. The van der Waals surface area contributed by atoms with E-state index in [9.17, 15) is 0 Å². The molecule has 0 saturated heterocycles. The van der Waals surface area contributed by atoms with E-state index < -0.39 is 0 Å². The number of pyridine rings is 1. The van der Waals surface area contributed by atoms with Crippen molar-refractivity contribution in [3.63, 3.8) is 0 Å². The van der Waals surface area contributed by atoms with Crippen LogP contribution in [0.5, 0.6) is 0 Å². The monoisotopic (exact) mass is 273 g/mol. The molecule has 3 nitrogen and oxygen atoms in total. The summed E-state index contributed by atoms with van der Waals surface area (Å²) >= 11 is 1.74. The molecular weight excluding hydrogens is 254 g/mol. The topological polar surface area (TPSA) is 64.9 Å². The molecule has 4 heteroatoms. The van der Waals surface area contributed by atoms with E-state index in [0.717, 1.165) is 16.9 Å². The lowest BCUT2D eigenvalue weighted by Crippen LogP contribution is -2.16. The molecule has 0 aliphatic carbocycles. The van der Waals surface area contributed by atoms with Gasteiger partial charge in [0.2, 0.25) is 0 Å². The van der Waals surface area contributed by atoms with Crippen LogP contribution in [-0.2, 0) is 0 Å². The summed E-state index contributed by atoms with van der Waals surface area (Å²) in [6.07, 6.45) is 1.76. The number of nitrogen functional groups attached to an aromatic ring is 1. The fraction of sp³-hybridized carbons (Fsp3) is 0.267. The molecule has 0 bridgehead atoms. The zero-order valence-corrected chi connectivity index (χ0v) is 12.1. The fourth-order valence-corrected chi connectivity index (χ4v) is 2.69. The lowest BCUT2D eigenvalue weighted by atomic mass is 10.1. The van der Waals surface area contributed by atoms with Gasteiger partial charge in [-0.05, 0) is 37.6 Å². The normalized spacial score (nSPS) is 12.4. The van der Waals surface area contributed by atoms with E-state index >= 15 is 0 Å². The first-order valence-electron chi connectivity index (χ1n) is 6.23. The first-order valence-corrected chi connectivity index (χ1v) is 7.22. The Labute approximate surface area is 118 Å². The second-order valence-corrected chi connectivity index (χ2v) is 5.81. The summed E-state index contributed by atoms with van der Waals surface area (Å²) in [5.74, 6) is 1.32. The van der Waals surface area contributed by atoms with Gasteiger partial charge in [-0.3, -0.25) is 0 Å². The molecule has 0 radical (unpaired) electrons. The smallest absolute Gasteiger partial charge is 0.128 e. The minimum Gasteiger partial charge on any atom is -0.383 e. The SMILES string of the molecule is Cc1ccc(SCC(N)c2cc(C)cnc2N)cc1. The van der Waals surface area contributed by atoms with E-state index in [2.05, 4.69) is 36.2 Å². The second-order valence-electron chi connectivity index (χ2n) is 4.72. The fourth-order valence-electron chi connectivity index (χ4n) is 1.81. The minimum absolute atomic E-state index is 0.0984. The van der Waals surface area contributed by atoms with Crippen LogP contribution in [0.15, 0.2) is 41.4 Å². The van der Waals surface area contributed by atoms with Crippen molar-refractivity contribution in [2.75, 3.05) is 11.5 Å². The summed E-state index contributed by atoms with van der Waals surface area (Å²) in [5.41, 5.74) is 15.4. The average Bonchev–Trinajstić information content (AvgIpc) is 2.40. The molecule has 4 N–H and O–H groups in total. The molecule has 1 aromatic heterocycles. The maximum absolute atomic E-state index is 6.20. The largest absolute Gasteiger partial charge is 0.383 e. The van der Waals surface area contributed by atoms with Gasteiger partial charge in [0, 0.05) is 28.5 Å². The first kappa shape index (κ1) is 13.9. The van der Waals surface area contributed by atoms with Gasteiger partial charge < -0.3 is 11.5 Å². The van der Waals surface area contributed by atoms with Crippen LogP contribution in [0.3, 0.4) is 0 Å². The van der Waals surface area contributed by atoms with Crippen molar-refractivity contribution in [1.29, 1.82) is 0 Å². The van der Waals surface area contributed by atoms with Crippen molar-refractivity contribution in [3.8, 4) is 0 Å². The maximum Gasteiger partial charge on any atom is 0.128 e. The third-order valence-electron chi connectivity index (χ3n) is 2.94. The number of aromatic nitrogens is 1. The number of nitrogens with two attached hydrogens (primary N) is 2. The number of benzene rings is 1. The summed E-state index contributed by atoms with van der Waals surface area (Å²) in [5, 5.41) is 0. The predicted molar refractivity (Wildman–Crippen MR) is 82.2 cm³/mol. The van der Waals surface area contributed by atoms with Crippen molar-refractivity contribution in [1.82, 2.24) is 4.98 Å². The number of hydrogen-bond acceptors (Lipinski definition) is 4. The third-order valence-corrected chi connectivity index (χ3v) is 4.07.